The SMILES string of the molecule is CCOC(=O)c1ccc(C=CC(=O)NCC(=O)N(C)c2ccc(Cl)c(COc3c(C)nc4ccccc4c3N3CCCCC3)c2Cl)cn1. The molecule has 1 aliphatic heterocycles. The number of fused-ring (bicyclic) bond motifs is 1. The van der Waals surface area contributed by atoms with Crippen LogP contribution in [0.3, 0.4) is 0 Å². The number of amides is 2. The molecule has 3 heterocycles. The lowest BCUT2D eigenvalue weighted by Gasteiger charge is -2.32. The van der Waals surface area contributed by atoms with Crippen LogP contribution in [0.15, 0.2) is 60.8 Å². The molecule has 0 saturated carbocycles. The first-order chi connectivity index (χ1) is 23.2. The van der Waals surface area contributed by atoms with E-state index < -0.39 is 17.8 Å². The maximum Gasteiger partial charge on any atom is 0.356 e. The fourth-order valence-corrected chi connectivity index (χ4v) is 6.10. The van der Waals surface area contributed by atoms with Crippen molar-refractivity contribution in [1.82, 2.24) is 15.3 Å². The molecule has 0 bridgehead atoms. The molecule has 48 heavy (non-hydrogen) atoms. The molecule has 2 amide bonds. The first-order valence-corrected chi connectivity index (χ1v) is 16.5. The van der Waals surface area contributed by atoms with E-state index in [-0.39, 0.29) is 30.5 Å². The van der Waals surface area contributed by atoms with Crippen molar-refractivity contribution < 1.29 is 23.9 Å². The number of aryl methyl sites for hydroxylation is 1. The second-order valence-corrected chi connectivity index (χ2v) is 12.1. The number of nitrogens with zero attached hydrogens (tertiary/aromatic N) is 4. The van der Waals surface area contributed by atoms with Gasteiger partial charge in [0, 0.05) is 48.4 Å². The van der Waals surface area contributed by atoms with Crippen molar-refractivity contribution in [2.45, 2.75) is 39.7 Å². The first kappa shape index (κ1) is 34.7. The number of hydrogen-bond donors (Lipinski definition) is 1. The fourth-order valence-electron chi connectivity index (χ4n) is 5.50. The first-order valence-electron chi connectivity index (χ1n) is 15.8. The monoisotopic (exact) mass is 689 g/mol. The lowest BCUT2D eigenvalue weighted by atomic mass is 10.1. The van der Waals surface area contributed by atoms with Crippen molar-refractivity contribution in [3.63, 3.8) is 0 Å². The Kier molecular flexibility index (Phi) is 11.5. The maximum absolute atomic E-state index is 13.1. The third-order valence-corrected chi connectivity index (χ3v) is 8.81. The predicted octanol–water partition coefficient (Wildman–Crippen LogP) is 6.78. The molecule has 250 valence electrons. The molecule has 1 saturated heterocycles. The van der Waals surface area contributed by atoms with Gasteiger partial charge in [0.15, 0.2) is 5.75 Å². The zero-order valence-corrected chi connectivity index (χ0v) is 28.6. The molecule has 0 spiro atoms. The van der Waals surface area contributed by atoms with Gasteiger partial charge in [-0.1, -0.05) is 47.5 Å². The van der Waals surface area contributed by atoms with Crippen LogP contribution in [0, 0.1) is 6.92 Å². The summed E-state index contributed by atoms with van der Waals surface area (Å²) < 4.78 is 11.4. The normalized spacial score (nSPS) is 13.1. The number of hydrogen-bond acceptors (Lipinski definition) is 8. The smallest absolute Gasteiger partial charge is 0.356 e. The number of carbonyl (C=O) groups excluding carboxylic acids is 3. The predicted molar refractivity (Wildman–Crippen MR) is 189 cm³/mol. The molecule has 2 aromatic carbocycles. The number of pyridine rings is 2. The number of carbonyl (C=O) groups is 3. The van der Waals surface area contributed by atoms with Crippen LogP contribution >= 0.6 is 23.2 Å². The number of halogens is 2. The van der Waals surface area contributed by atoms with E-state index in [0.29, 0.717) is 27.6 Å². The van der Waals surface area contributed by atoms with Gasteiger partial charge in [0.05, 0.1) is 40.8 Å². The van der Waals surface area contributed by atoms with Crippen LogP contribution in [0.4, 0.5) is 11.4 Å². The van der Waals surface area contributed by atoms with Crippen molar-refractivity contribution in [2.24, 2.45) is 0 Å². The van der Waals surface area contributed by atoms with Crippen LogP contribution in [-0.2, 0) is 20.9 Å². The number of piperidine rings is 1. The summed E-state index contributed by atoms with van der Waals surface area (Å²) in [4.78, 5) is 49.9. The van der Waals surface area contributed by atoms with Gasteiger partial charge in [-0.3, -0.25) is 9.59 Å². The van der Waals surface area contributed by atoms with Gasteiger partial charge < -0.3 is 24.6 Å². The zero-order valence-electron chi connectivity index (χ0n) is 27.1. The van der Waals surface area contributed by atoms with Gasteiger partial charge >= 0.3 is 5.97 Å². The summed E-state index contributed by atoms with van der Waals surface area (Å²) in [6.07, 6.45) is 7.67. The molecule has 1 aliphatic rings. The molecule has 4 aromatic rings. The molecule has 1 fully saturated rings. The minimum absolute atomic E-state index is 0.0619. The molecule has 0 unspecified atom stereocenters. The Morgan fingerprint density at radius 2 is 1.81 bits per heavy atom. The van der Waals surface area contributed by atoms with Gasteiger partial charge in [0.2, 0.25) is 11.8 Å². The lowest BCUT2D eigenvalue weighted by molar-refractivity contribution is -0.122. The highest BCUT2D eigenvalue weighted by atomic mass is 35.5. The molecule has 1 N–H and O–H groups in total. The van der Waals surface area contributed by atoms with E-state index in [0.717, 1.165) is 48.2 Å². The van der Waals surface area contributed by atoms with E-state index in [9.17, 15) is 14.4 Å². The number of rotatable bonds is 11. The number of para-hydroxylation sites is 1. The van der Waals surface area contributed by atoms with Crippen molar-refractivity contribution >= 4 is 69.3 Å². The molecule has 0 atom stereocenters. The highest BCUT2D eigenvalue weighted by molar-refractivity contribution is 6.38. The number of benzene rings is 2. The average Bonchev–Trinajstić information content (AvgIpc) is 3.10. The summed E-state index contributed by atoms with van der Waals surface area (Å²) >= 11 is 13.5. The number of esters is 1. The van der Waals surface area contributed by atoms with Crippen molar-refractivity contribution in [1.29, 1.82) is 0 Å². The van der Waals surface area contributed by atoms with Crippen molar-refractivity contribution in [3.8, 4) is 5.75 Å². The topological polar surface area (TPSA) is 114 Å². The Morgan fingerprint density at radius 3 is 2.54 bits per heavy atom. The second kappa shape index (κ2) is 16.0. The van der Waals surface area contributed by atoms with E-state index >= 15 is 0 Å². The summed E-state index contributed by atoms with van der Waals surface area (Å²) in [6.45, 7) is 5.55. The van der Waals surface area contributed by atoms with Crippen LogP contribution < -0.4 is 19.9 Å². The number of nitrogens with one attached hydrogen (secondary N) is 1. The number of ether oxygens (including phenoxy) is 2. The Morgan fingerprint density at radius 1 is 1.04 bits per heavy atom. The summed E-state index contributed by atoms with van der Waals surface area (Å²) in [6, 6.07) is 14.5. The quantitative estimate of drug-likeness (QED) is 0.135. The van der Waals surface area contributed by atoms with Crippen LogP contribution in [0.2, 0.25) is 10.0 Å². The van der Waals surface area contributed by atoms with Crippen LogP contribution in [0.5, 0.6) is 5.75 Å². The van der Waals surface area contributed by atoms with Crippen LogP contribution in [0.1, 0.15) is 53.5 Å². The van der Waals surface area contributed by atoms with Crippen LogP contribution in [0.25, 0.3) is 17.0 Å². The van der Waals surface area contributed by atoms with E-state index in [1.54, 1.807) is 32.2 Å². The standard InChI is InChI=1S/C36H37Cl2N5O5/c1-4-47-36(46)29-15-12-24(20-39-29)13-17-31(44)40-21-32(45)42(3)30-16-14-27(37)26(33(30)38)22-48-35-23(2)41-28-11-7-6-10-25(28)34(35)43-18-8-5-9-19-43/h6-7,10-17,20H,4-5,8-9,18-19,21-22H2,1-3H3,(H,40,44). The molecule has 2 aromatic heterocycles. The summed E-state index contributed by atoms with van der Waals surface area (Å²) in [5.41, 5.74) is 4.41. The number of likely N-dealkylation sites (N-methyl/N-ethyl adjacent to an activating group) is 1. The summed E-state index contributed by atoms with van der Waals surface area (Å²) in [5.74, 6) is -0.714. The Bertz CT molecular complexity index is 1840. The molecule has 0 radical (unpaired) electrons. The molecule has 12 heteroatoms. The number of anilines is 2. The van der Waals surface area contributed by atoms with E-state index in [4.69, 9.17) is 37.7 Å². The minimum Gasteiger partial charge on any atom is -0.485 e. The average molecular weight is 691 g/mol. The second-order valence-electron chi connectivity index (χ2n) is 11.3. The molecular formula is C36H37Cl2N5O5. The van der Waals surface area contributed by atoms with Gasteiger partial charge in [-0.25, -0.2) is 14.8 Å². The molecule has 5 rings (SSSR count). The summed E-state index contributed by atoms with van der Waals surface area (Å²) in [7, 11) is 1.58. The third kappa shape index (κ3) is 8.06. The lowest BCUT2D eigenvalue weighted by Crippen LogP contribution is -2.37. The molecule has 0 aliphatic carbocycles. The highest BCUT2D eigenvalue weighted by Crippen LogP contribution is 2.41. The van der Waals surface area contributed by atoms with Gasteiger partial charge in [-0.15, -0.1) is 0 Å². The Balaban J connectivity index is 1.26. The summed E-state index contributed by atoms with van der Waals surface area (Å²) in [5, 5.41) is 4.28. The zero-order chi connectivity index (χ0) is 34.2. The van der Waals surface area contributed by atoms with E-state index in [1.165, 1.54) is 35.7 Å². The van der Waals surface area contributed by atoms with Gasteiger partial charge in [-0.2, -0.15) is 0 Å². The van der Waals surface area contributed by atoms with Crippen molar-refractivity contribution in [3.05, 3.63) is 93.4 Å². The van der Waals surface area contributed by atoms with E-state index in [1.807, 2.05) is 25.1 Å². The van der Waals surface area contributed by atoms with Gasteiger partial charge in [0.1, 0.15) is 12.3 Å². The van der Waals surface area contributed by atoms with Crippen molar-refractivity contribution in [2.75, 3.05) is 43.1 Å². The number of aromatic nitrogens is 2. The fraction of sp³-hybridized carbons (Fsp3) is 0.306. The molecule has 10 nitrogen and oxygen atoms in total. The minimum atomic E-state index is -0.520. The maximum atomic E-state index is 13.1. The largest absolute Gasteiger partial charge is 0.485 e. The Hall–Kier alpha value is -4.67. The van der Waals surface area contributed by atoms with E-state index in [2.05, 4.69) is 21.3 Å². The van der Waals surface area contributed by atoms with Gasteiger partial charge in [-0.05, 0) is 69.0 Å². The Labute approximate surface area is 289 Å². The highest BCUT2D eigenvalue weighted by Gasteiger charge is 2.24. The molecular weight excluding hydrogens is 653 g/mol. The van der Waals surface area contributed by atoms with Gasteiger partial charge in [0.25, 0.3) is 0 Å². The third-order valence-electron chi connectivity index (χ3n) is 8.04. The van der Waals surface area contributed by atoms with Crippen LogP contribution in [-0.4, -0.2) is 61.0 Å².